The standard InChI is InChI=1S/C11H13ClFN/c1-14-6-2-3-11(14)9-5-4-8(13)7-10(9)12/h4-5,7,11H,2-3,6H2,1H3. The van der Waals surface area contributed by atoms with Crippen LogP contribution in [0.4, 0.5) is 4.39 Å². The second-order valence-electron chi connectivity index (χ2n) is 3.80. The summed E-state index contributed by atoms with van der Waals surface area (Å²) >= 11 is 6.01. The van der Waals surface area contributed by atoms with Gasteiger partial charge in [0.05, 0.1) is 0 Å². The molecule has 0 N–H and O–H groups in total. The summed E-state index contributed by atoms with van der Waals surface area (Å²) in [6, 6.07) is 5.03. The van der Waals surface area contributed by atoms with Crippen LogP contribution in [0.5, 0.6) is 0 Å². The molecule has 1 aromatic carbocycles. The van der Waals surface area contributed by atoms with Crippen molar-refractivity contribution in [3.63, 3.8) is 0 Å². The summed E-state index contributed by atoms with van der Waals surface area (Å²) in [6.07, 6.45) is 2.30. The molecular weight excluding hydrogens is 201 g/mol. The molecule has 1 heterocycles. The van der Waals surface area contributed by atoms with Crippen LogP contribution in [0.25, 0.3) is 0 Å². The van der Waals surface area contributed by atoms with E-state index in [-0.39, 0.29) is 5.82 Å². The van der Waals surface area contributed by atoms with Crippen LogP contribution in [0, 0.1) is 5.82 Å². The second-order valence-corrected chi connectivity index (χ2v) is 4.21. The monoisotopic (exact) mass is 213 g/mol. The van der Waals surface area contributed by atoms with Gasteiger partial charge in [-0.3, -0.25) is 4.90 Å². The molecule has 0 bridgehead atoms. The first-order valence-electron chi connectivity index (χ1n) is 4.83. The predicted molar refractivity (Wildman–Crippen MR) is 56.0 cm³/mol. The van der Waals surface area contributed by atoms with Gasteiger partial charge in [-0.05, 0) is 44.1 Å². The number of hydrogen-bond acceptors (Lipinski definition) is 1. The van der Waals surface area contributed by atoms with E-state index in [1.54, 1.807) is 6.07 Å². The van der Waals surface area contributed by atoms with Crippen molar-refractivity contribution in [2.24, 2.45) is 0 Å². The van der Waals surface area contributed by atoms with E-state index in [9.17, 15) is 4.39 Å². The number of rotatable bonds is 1. The molecule has 0 amide bonds. The van der Waals surface area contributed by atoms with Crippen LogP contribution in [0.3, 0.4) is 0 Å². The molecule has 0 aliphatic carbocycles. The molecule has 1 unspecified atom stereocenters. The molecule has 1 saturated heterocycles. The van der Waals surface area contributed by atoms with Crippen molar-refractivity contribution < 1.29 is 4.39 Å². The van der Waals surface area contributed by atoms with E-state index in [0.717, 1.165) is 18.5 Å². The molecule has 2 rings (SSSR count). The molecule has 76 valence electrons. The van der Waals surface area contributed by atoms with Crippen molar-refractivity contribution in [3.05, 3.63) is 34.6 Å². The minimum Gasteiger partial charge on any atom is -0.299 e. The number of likely N-dealkylation sites (tertiary alicyclic amines) is 1. The SMILES string of the molecule is CN1CCCC1c1ccc(F)cc1Cl. The fourth-order valence-electron chi connectivity index (χ4n) is 2.07. The molecule has 1 nitrogen and oxygen atoms in total. The summed E-state index contributed by atoms with van der Waals surface area (Å²) in [5.41, 5.74) is 1.05. The zero-order valence-electron chi connectivity index (χ0n) is 8.13. The summed E-state index contributed by atoms with van der Waals surface area (Å²) in [5, 5.41) is 0.545. The molecule has 14 heavy (non-hydrogen) atoms. The summed E-state index contributed by atoms with van der Waals surface area (Å²) in [5.74, 6) is -0.264. The second kappa shape index (κ2) is 3.87. The molecule has 0 aromatic heterocycles. The Morgan fingerprint density at radius 3 is 2.86 bits per heavy atom. The predicted octanol–water partition coefficient (Wildman–Crippen LogP) is 3.25. The summed E-state index contributed by atoms with van der Waals surface area (Å²) in [7, 11) is 2.08. The largest absolute Gasteiger partial charge is 0.299 e. The Labute approximate surface area is 88.5 Å². The smallest absolute Gasteiger partial charge is 0.124 e. The van der Waals surface area contributed by atoms with Crippen molar-refractivity contribution >= 4 is 11.6 Å². The van der Waals surface area contributed by atoms with Crippen LogP contribution in [0.15, 0.2) is 18.2 Å². The Balaban J connectivity index is 2.31. The highest BCUT2D eigenvalue weighted by molar-refractivity contribution is 6.31. The zero-order chi connectivity index (χ0) is 10.1. The lowest BCUT2D eigenvalue weighted by molar-refractivity contribution is 0.317. The van der Waals surface area contributed by atoms with Gasteiger partial charge >= 0.3 is 0 Å². The lowest BCUT2D eigenvalue weighted by atomic mass is 10.0. The lowest BCUT2D eigenvalue weighted by Crippen LogP contribution is -2.17. The van der Waals surface area contributed by atoms with Crippen LogP contribution >= 0.6 is 11.6 Å². The number of hydrogen-bond donors (Lipinski definition) is 0. The molecule has 1 aliphatic rings. The average molecular weight is 214 g/mol. The molecule has 0 radical (unpaired) electrons. The first-order valence-corrected chi connectivity index (χ1v) is 5.21. The Morgan fingerprint density at radius 2 is 2.29 bits per heavy atom. The van der Waals surface area contributed by atoms with Gasteiger partial charge in [0.25, 0.3) is 0 Å². The van der Waals surface area contributed by atoms with Crippen molar-refractivity contribution in [3.8, 4) is 0 Å². The van der Waals surface area contributed by atoms with Crippen LogP contribution < -0.4 is 0 Å². The Kier molecular flexibility index (Phi) is 2.75. The normalized spacial score (nSPS) is 22.9. The zero-order valence-corrected chi connectivity index (χ0v) is 8.89. The first kappa shape index (κ1) is 9.94. The third kappa shape index (κ3) is 1.77. The molecule has 0 saturated carbocycles. The van der Waals surface area contributed by atoms with Gasteiger partial charge in [-0.1, -0.05) is 17.7 Å². The molecule has 0 spiro atoms. The fourth-order valence-corrected chi connectivity index (χ4v) is 2.37. The fraction of sp³-hybridized carbons (Fsp3) is 0.455. The third-order valence-corrected chi connectivity index (χ3v) is 3.17. The maximum atomic E-state index is 12.8. The molecular formula is C11H13ClFN. The minimum atomic E-state index is -0.264. The minimum absolute atomic E-state index is 0.264. The summed E-state index contributed by atoms with van der Waals surface area (Å²) < 4.78 is 12.8. The number of nitrogens with zero attached hydrogens (tertiary/aromatic N) is 1. The molecule has 1 aromatic rings. The van der Waals surface area contributed by atoms with Crippen molar-refractivity contribution in [2.45, 2.75) is 18.9 Å². The quantitative estimate of drug-likeness (QED) is 0.692. The molecule has 1 atom stereocenters. The maximum absolute atomic E-state index is 12.8. The van der Waals surface area contributed by atoms with E-state index in [0.29, 0.717) is 11.1 Å². The van der Waals surface area contributed by atoms with Gasteiger partial charge in [0.15, 0.2) is 0 Å². The van der Waals surface area contributed by atoms with E-state index in [2.05, 4.69) is 11.9 Å². The van der Waals surface area contributed by atoms with E-state index in [1.807, 2.05) is 0 Å². The number of benzene rings is 1. The van der Waals surface area contributed by atoms with E-state index >= 15 is 0 Å². The molecule has 1 aliphatic heterocycles. The highest BCUT2D eigenvalue weighted by Crippen LogP contribution is 2.34. The van der Waals surface area contributed by atoms with Crippen molar-refractivity contribution in [1.29, 1.82) is 0 Å². The first-order chi connectivity index (χ1) is 6.68. The van der Waals surface area contributed by atoms with Crippen LogP contribution in [0.2, 0.25) is 5.02 Å². The summed E-state index contributed by atoms with van der Waals surface area (Å²) in [6.45, 7) is 1.10. The summed E-state index contributed by atoms with van der Waals surface area (Å²) in [4.78, 5) is 2.26. The van der Waals surface area contributed by atoms with Gasteiger partial charge in [0, 0.05) is 11.1 Å². The van der Waals surface area contributed by atoms with Gasteiger partial charge in [-0.15, -0.1) is 0 Å². The van der Waals surface area contributed by atoms with E-state index < -0.39 is 0 Å². The van der Waals surface area contributed by atoms with Crippen LogP contribution in [-0.2, 0) is 0 Å². The van der Waals surface area contributed by atoms with Crippen molar-refractivity contribution in [2.75, 3.05) is 13.6 Å². The van der Waals surface area contributed by atoms with Gasteiger partial charge in [-0.2, -0.15) is 0 Å². The Hall–Kier alpha value is -0.600. The average Bonchev–Trinajstić information content (AvgIpc) is 2.52. The number of halogens is 2. The molecule has 3 heteroatoms. The van der Waals surface area contributed by atoms with Gasteiger partial charge in [0.2, 0.25) is 0 Å². The van der Waals surface area contributed by atoms with Gasteiger partial charge in [0.1, 0.15) is 5.82 Å². The molecule has 1 fully saturated rings. The third-order valence-electron chi connectivity index (χ3n) is 2.84. The maximum Gasteiger partial charge on any atom is 0.124 e. The highest BCUT2D eigenvalue weighted by atomic mass is 35.5. The van der Waals surface area contributed by atoms with E-state index in [1.165, 1.54) is 18.6 Å². The van der Waals surface area contributed by atoms with Crippen molar-refractivity contribution in [1.82, 2.24) is 4.90 Å². The van der Waals surface area contributed by atoms with Gasteiger partial charge < -0.3 is 0 Å². The topological polar surface area (TPSA) is 3.24 Å². The van der Waals surface area contributed by atoms with Crippen LogP contribution in [-0.4, -0.2) is 18.5 Å². The Morgan fingerprint density at radius 1 is 1.50 bits per heavy atom. The highest BCUT2D eigenvalue weighted by Gasteiger charge is 2.24. The van der Waals surface area contributed by atoms with Gasteiger partial charge in [-0.25, -0.2) is 4.39 Å². The Bertz CT molecular complexity index is 340. The van der Waals surface area contributed by atoms with Crippen LogP contribution in [0.1, 0.15) is 24.4 Å². The lowest BCUT2D eigenvalue weighted by Gasteiger charge is -2.20. The van der Waals surface area contributed by atoms with E-state index in [4.69, 9.17) is 11.6 Å².